The number of anilines is 1. The molecule has 0 bridgehead atoms. The van der Waals surface area contributed by atoms with Gasteiger partial charge < -0.3 is 15.1 Å². The average Bonchev–Trinajstić information content (AvgIpc) is 2.63. The highest BCUT2D eigenvalue weighted by atomic mass is 16.4. The Morgan fingerprint density at radius 3 is 2.85 bits per heavy atom. The number of fused-ring (bicyclic) bond motifs is 1. The topological polar surface area (TPSA) is 50.1 Å². The second-order valence-electron chi connectivity index (χ2n) is 2.57. The molecule has 1 aliphatic heterocycles. The van der Waals surface area contributed by atoms with E-state index in [0.29, 0.717) is 6.01 Å². The molecule has 0 saturated carbocycles. The fourth-order valence-electron chi connectivity index (χ4n) is 1.23. The van der Waals surface area contributed by atoms with Crippen LogP contribution in [0.25, 0.3) is 0 Å². The number of hydrogen-bond acceptors (Lipinski definition) is 4. The summed E-state index contributed by atoms with van der Waals surface area (Å²) in [6.45, 7) is 5.83. The molecular formula is C9H17N3O. The van der Waals surface area contributed by atoms with Gasteiger partial charge in [-0.15, -0.1) is 0 Å². The van der Waals surface area contributed by atoms with Crippen LogP contribution in [0, 0.1) is 0 Å². The van der Waals surface area contributed by atoms with Crippen molar-refractivity contribution in [3.8, 4) is 0 Å². The lowest BCUT2D eigenvalue weighted by Crippen LogP contribution is -2.22. The predicted molar refractivity (Wildman–Crippen MR) is 52.8 cm³/mol. The highest BCUT2D eigenvalue weighted by Crippen LogP contribution is 2.17. The second-order valence-corrected chi connectivity index (χ2v) is 2.57. The lowest BCUT2D eigenvalue weighted by molar-refractivity contribution is 0.484. The molecule has 0 aliphatic carbocycles. The maximum atomic E-state index is 5.39. The fourth-order valence-corrected chi connectivity index (χ4v) is 1.23. The number of nitrogens with one attached hydrogen (secondary N) is 2. The molecular weight excluding hydrogens is 166 g/mol. The van der Waals surface area contributed by atoms with Crippen molar-refractivity contribution >= 4 is 6.01 Å². The maximum Gasteiger partial charge on any atom is 0.294 e. The first-order chi connectivity index (χ1) is 6.40. The van der Waals surface area contributed by atoms with Crippen LogP contribution in [0.3, 0.4) is 0 Å². The van der Waals surface area contributed by atoms with Gasteiger partial charge in [0, 0.05) is 26.6 Å². The lowest BCUT2D eigenvalue weighted by atomic mass is 10.2. The van der Waals surface area contributed by atoms with E-state index >= 15 is 0 Å². The Labute approximate surface area is 78.7 Å². The quantitative estimate of drug-likeness (QED) is 0.690. The van der Waals surface area contributed by atoms with Crippen molar-refractivity contribution < 1.29 is 4.42 Å². The monoisotopic (exact) mass is 183 g/mol. The third kappa shape index (κ3) is 2.21. The highest BCUT2D eigenvalue weighted by molar-refractivity contribution is 5.25. The summed E-state index contributed by atoms with van der Waals surface area (Å²) in [7, 11) is 1.81. The Hall–Kier alpha value is -1.03. The maximum absolute atomic E-state index is 5.39. The van der Waals surface area contributed by atoms with Gasteiger partial charge in [-0.2, -0.15) is 4.98 Å². The van der Waals surface area contributed by atoms with Crippen molar-refractivity contribution in [2.45, 2.75) is 26.8 Å². The van der Waals surface area contributed by atoms with Crippen molar-refractivity contribution in [3.05, 3.63) is 11.5 Å². The Kier molecular flexibility index (Phi) is 3.76. The van der Waals surface area contributed by atoms with Crippen molar-refractivity contribution in [3.63, 3.8) is 0 Å². The van der Waals surface area contributed by atoms with Crippen LogP contribution in [-0.2, 0) is 13.0 Å². The molecule has 0 fully saturated rings. The molecule has 1 aromatic rings. The summed E-state index contributed by atoms with van der Waals surface area (Å²) in [5.74, 6) is 1.02. The van der Waals surface area contributed by atoms with E-state index in [-0.39, 0.29) is 0 Å². The minimum atomic E-state index is 0.624. The summed E-state index contributed by atoms with van der Waals surface area (Å²) in [6, 6.07) is 0.624. The van der Waals surface area contributed by atoms with Gasteiger partial charge in [-0.1, -0.05) is 13.8 Å². The van der Waals surface area contributed by atoms with E-state index in [9.17, 15) is 0 Å². The van der Waals surface area contributed by atoms with E-state index in [1.165, 1.54) is 0 Å². The molecule has 13 heavy (non-hydrogen) atoms. The van der Waals surface area contributed by atoms with Crippen LogP contribution in [-0.4, -0.2) is 18.6 Å². The normalized spacial score (nSPS) is 14.1. The Morgan fingerprint density at radius 2 is 2.23 bits per heavy atom. The van der Waals surface area contributed by atoms with Gasteiger partial charge in [-0.3, -0.25) is 0 Å². The average molecular weight is 183 g/mol. The van der Waals surface area contributed by atoms with E-state index in [1.54, 1.807) is 0 Å². The van der Waals surface area contributed by atoms with Gasteiger partial charge in [0.2, 0.25) is 0 Å². The van der Waals surface area contributed by atoms with Crippen LogP contribution in [0.1, 0.15) is 25.3 Å². The summed E-state index contributed by atoms with van der Waals surface area (Å²) >= 11 is 0. The highest BCUT2D eigenvalue weighted by Gasteiger charge is 2.15. The second kappa shape index (κ2) is 4.87. The van der Waals surface area contributed by atoms with Crippen LogP contribution in [0.4, 0.5) is 6.01 Å². The summed E-state index contributed by atoms with van der Waals surface area (Å²) in [5.41, 5.74) is 1.04. The smallest absolute Gasteiger partial charge is 0.294 e. The third-order valence-electron chi connectivity index (χ3n) is 1.81. The van der Waals surface area contributed by atoms with Gasteiger partial charge in [0.25, 0.3) is 6.01 Å². The number of rotatable bonds is 1. The molecule has 4 nitrogen and oxygen atoms in total. The molecule has 1 aliphatic rings. The van der Waals surface area contributed by atoms with E-state index < -0.39 is 0 Å². The standard InChI is InChI=1S/C7H11N3O.C2H6/c1-8-7-10-5-4-9-3-2-6(5)11-7;1-2/h9H,2-4H2,1H3,(H,8,10);1-2H3. The van der Waals surface area contributed by atoms with Gasteiger partial charge in [0.1, 0.15) is 5.76 Å². The molecule has 0 saturated heterocycles. The molecule has 0 atom stereocenters. The van der Waals surface area contributed by atoms with Crippen molar-refractivity contribution in [1.82, 2.24) is 10.3 Å². The number of nitrogens with zero attached hydrogens (tertiary/aromatic N) is 1. The first-order valence-corrected chi connectivity index (χ1v) is 4.77. The summed E-state index contributed by atoms with van der Waals surface area (Å²) in [4.78, 5) is 4.23. The molecule has 2 N–H and O–H groups in total. The van der Waals surface area contributed by atoms with Crippen LogP contribution in [0.2, 0.25) is 0 Å². The van der Waals surface area contributed by atoms with Gasteiger partial charge in [0.05, 0.1) is 5.69 Å². The first kappa shape index (κ1) is 10.1. The van der Waals surface area contributed by atoms with E-state index in [2.05, 4.69) is 15.6 Å². The largest absolute Gasteiger partial charge is 0.428 e. The first-order valence-electron chi connectivity index (χ1n) is 4.77. The van der Waals surface area contributed by atoms with E-state index in [4.69, 9.17) is 4.42 Å². The molecule has 74 valence electrons. The zero-order valence-corrected chi connectivity index (χ0v) is 8.48. The molecule has 0 aromatic carbocycles. The number of aromatic nitrogens is 1. The van der Waals surface area contributed by atoms with Crippen LogP contribution in [0.15, 0.2) is 4.42 Å². The van der Waals surface area contributed by atoms with Crippen LogP contribution < -0.4 is 10.6 Å². The molecule has 1 aromatic heterocycles. The van der Waals surface area contributed by atoms with Gasteiger partial charge in [-0.25, -0.2) is 0 Å². The molecule has 2 rings (SSSR count). The summed E-state index contributed by atoms with van der Waals surface area (Å²) in [5, 5.41) is 6.11. The van der Waals surface area contributed by atoms with Gasteiger partial charge in [-0.05, 0) is 0 Å². The molecule has 4 heteroatoms. The van der Waals surface area contributed by atoms with E-state index in [0.717, 1.165) is 31.0 Å². The molecule has 0 amide bonds. The number of hydrogen-bond donors (Lipinski definition) is 2. The minimum absolute atomic E-state index is 0.624. The third-order valence-corrected chi connectivity index (χ3v) is 1.81. The zero-order chi connectivity index (χ0) is 9.68. The zero-order valence-electron chi connectivity index (χ0n) is 8.48. The van der Waals surface area contributed by atoms with Crippen LogP contribution >= 0.6 is 0 Å². The molecule has 0 spiro atoms. The van der Waals surface area contributed by atoms with Gasteiger partial charge >= 0.3 is 0 Å². The molecule has 2 heterocycles. The fraction of sp³-hybridized carbons (Fsp3) is 0.667. The van der Waals surface area contributed by atoms with Gasteiger partial charge in [0.15, 0.2) is 0 Å². The summed E-state index contributed by atoms with van der Waals surface area (Å²) in [6.07, 6.45) is 0.948. The molecule has 0 radical (unpaired) electrons. The Balaban J connectivity index is 0.000000396. The van der Waals surface area contributed by atoms with Crippen molar-refractivity contribution in [2.24, 2.45) is 0 Å². The molecule has 0 unspecified atom stereocenters. The van der Waals surface area contributed by atoms with E-state index in [1.807, 2.05) is 20.9 Å². The number of oxazole rings is 1. The Morgan fingerprint density at radius 1 is 1.46 bits per heavy atom. The van der Waals surface area contributed by atoms with Crippen LogP contribution in [0.5, 0.6) is 0 Å². The minimum Gasteiger partial charge on any atom is -0.428 e. The SMILES string of the molecule is CC.CNc1nc2c(o1)CCNC2. The Bertz CT molecular complexity index is 234. The lowest BCUT2D eigenvalue weighted by Gasteiger charge is -2.07. The van der Waals surface area contributed by atoms with Crippen molar-refractivity contribution in [1.29, 1.82) is 0 Å². The summed E-state index contributed by atoms with van der Waals surface area (Å²) < 4.78 is 5.39. The predicted octanol–water partition coefficient (Wildman–Crippen LogP) is 1.39. The van der Waals surface area contributed by atoms with Crippen molar-refractivity contribution in [2.75, 3.05) is 18.9 Å².